The minimum atomic E-state index is -0.353. The summed E-state index contributed by atoms with van der Waals surface area (Å²) in [6.07, 6.45) is 2.22. The maximum absolute atomic E-state index is 13.6. The molecule has 0 radical (unpaired) electrons. The highest BCUT2D eigenvalue weighted by atomic mass is 79.9. The summed E-state index contributed by atoms with van der Waals surface area (Å²) >= 11 is 3.23. The third-order valence-electron chi connectivity index (χ3n) is 3.37. The number of benzene rings is 1. The molecule has 1 N–H and O–H groups in total. The quantitative estimate of drug-likeness (QED) is 0.864. The Labute approximate surface area is 134 Å². The first-order valence-corrected chi connectivity index (χ1v) is 8.11. The second-order valence-corrected chi connectivity index (χ2v) is 7.39. The molecule has 0 saturated carbocycles. The highest BCUT2D eigenvalue weighted by Gasteiger charge is 2.26. The lowest BCUT2D eigenvalue weighted by Gasteiger charge is -2.23. The first-order chi connectivity index (χ1) is 9.83. The summed E-state index contributed by atoms with van der Waals surface area (Å²) in [5, 5.41) is 3.44. The molecule has 118 valence electrons. The Morgan fingerprint density at radius 3 is 2.71 bits per heavy atom. The molecule has 0 aromatic heterocycles. The van der Waals surface area contributed by atoms with Crippen LogP contribution in [0.3, 0.4) is 0 Å². The highest BCUT2D eigenvalue weighted by molar-refractivity contribution is 9.10. The largest absolute Gasteiger partial charge is 0.488 e. The predicted octanol–water partition coefficient (Wildman–Crippen LogP) is 3.90. The standard InChI is InChI=1S/C16H23BrFNO2/c1-16(2,3)19-9-12-5-6-13(21-12)10-20-15-7-4-11(17)8-14(15)18/h4,7-8,12-13,19H,5-6,9-10H2,1-3H3. The van der Waals surface area contributed by atoms with Gasteiger partial charge in [0.1, 0.15) is 6.61 Å². The Balaban J connectivity index is 1.75. The molecule has 1 aliphatic rings. The summed E-state index contributed by atoms with van der Waals surface area (Å²) in [6, 6.07) is 4.80. The topological polar surface area (TPSA) is 30.5 Å². The fraction of sp³-hybridized carbons (Fsp3) is 0.625. The number of hydrogen-bond acceptors (Lipinski definition) is 3. The van der Waals surface area contributed by atoms with Crippen LogP contribution in [-0.4, -0.2) is 30.9 Å². The highest BCUT2D eigenvalue weighted by Crippen LogP contribution is 2.24. The van der Waals surface area contributed by atoms with Crippen molar-refractivity contribution in [1.29, 1.82) is 0 Å². The van der Waals surface area contributed by atoms with Crippen LogP contribution in [0.15, 0.2) is 22.7 Å². The monoisotopic (exact) mass is 359 g/mol. The van der Waals surface area contributed by atoms with Crippen molar-refractivity contribution >= 4 is 15.9 Å². The molecule has 5 heteroatoms. The fourth-order valence-electron chi connectivity index (χ4n) is 2.25. The van der Waals surface area contributed by atoms with Crippen LogP contribution in [0, 0.1) is 5.82 Å². The van der Waals surface area contributed by atoms with E-state index in [4.69, 9.17) is 9.47 Å². The Morgan fingerprint density at radius 1 is 1.33 bits per heavy atom. The maximum Gasteiger partial charge on any atom is 0.166 e. The van der Waals surface area contributed by atoms with E-state index >= 15 is 0 Å². The van der Waals surface area contributed by atoms with E-state index in [0.29, 0.717) is 11.1 Å². The molecular formula is C16H23BrFNO2. The molecule has 1 aliphatic heterocycles. The van der Waals surface area contributed by atoms with Crippen molar-refractivity contribution in [3.05, 3.63) is 28.5 Å². The van der Waals surface area contributed by atoms with Crippen molar-refractivity contribution < 1.29 is 13.9 Å². The minimum Gasteiger partial charge on any atom is -0.488 e. The lowest BCUT2D eigenvalue weighted by Crippen LogP contribution is -2.41. The second-order valence-electron chi connectivity index (χ2n) is 6.47. The van der Waals surface area contributed by atoms with Gasteiger partial charge in [-0.05, 0) is 51.8 Å². The molecule has 3 nitrogen and oxygen atoms in total. The zero-order chi connectivity index (χ0) is 15.5. The number of nitrogens with one attached hydrogen (secondary N) is 1. The summed E-state index contributed by atoms with van der Waals surface area (Å²) in [7, 11) is 0. The Bertz CT molecular complexity index is 476. The summed E-state index contributed by atoms with van der Waals surface area (Å²) < 4.78 is 25.8. The molecule has 1 fully saturated rings. The van der Waals surface area contributed by atoms with Gasteiger partial charge in [0.15, 0.2) is 11.6 Å². The third-order valence-corrected chi connectivity index (χ3v) is 3.87. The zero-order valence-electron chi connectivity index (χ0n) is 12.8. The first kappa shape index (κ1) is 16.7. The Morgan fingerprint density at radius 2 is 2.05 bits per heavy atom. The van der Waals surface area contributed by atoms with E-state index in [1.165, 1.54) is 6.07 Å². The van der Waals surface area contributed by atoms with Crippen LogP contribution in [0.1, 0.15) is 33.6 Å². The van der Waals surface area contributed by atoms with Gasteiger partial charge in [-0.15, -0.1) is 0 Å². The average Bonchev–Trinajstić information content (AvgIpc) is 2.82. The maximum atomic E-state index is 13.6. The number of hydrogen-bond donors (Lipinski definition) is 1. The number of halogens is 2. The van der Waals surface area contributed by atoms with Gasteiger partial charge in [-0.25, -0.2) is 4.39 Å². The minimum absolute atomic E-state index is 0.0415. The Kier molecular flexibility index (Phi) is 5.63. The van der Waals surface area contributed by atoms with E-state index in [2.05, 4.69) is 42.0 Å². The van der Waals surface area contributed by atoms with Crippen LogP contribution in [-0.2, 0) is 4.74 Å². The summed E-state index contributed by atoms with van der Waals surface area (Å²) in [6.45, 7) is 7.65. The molecule has 0 amide bonds. The summed E-state index contributed by atoms with van der Waals surface area (Å²) in [5.41, 5.74) is 0.0957. The SMILES string of the molecule is CC(C)(C)NCC1CCC(COc2ccc(Br)cc2F)O1. The van der Waals surface area contributed by atoms with Crippen LogP contribution in [0.5, 0.6) is 5.75 Å². The van der Waals surface area contributed by atoms with Crippen LogP contribution in [0.25, 0.3) is 0 Å². The molecule has 1 heterocycles. The van der Waals surface area contributed by atoms with E-state index < -0.39 is 0 Å². The summed E-state index contributed by atoms with van der Waals surface area (Å²) in [4.78, 5) is 0. The second kappa shape index (κ2) is 7.07. The zero-order valence-corrected chi connectivity index (χ0v) is 14.4. The molecule has 21 heavy (non-hydrogen) atoms. The normalized spacial score (nSPS) is 22.5. The molecule has 1 aromatic carbocycles. The third kappa shape index (κ3) is 5.57. The van der Waals surface area contributed by atoms with Gasteiger partial charge in [0.05, 0.1) is 12.2 Å². The van der Waals surface area contributed by atoms with Crippen molar-refractivity contribution in [2.24, 2.45) is 0 Å². The molecule has 1 aromatic rings. The van der Waals surface area contributed by atoms with Gasteiger partial charge < -0.3 is 14.8 Å². The van der Waals surface area contributed by atoms with Gasteiger partial charge >= 0.3 is 0 Å². The van der Waals surface area contributed by atoms with Gasteiger partial charge in [0.25, 0.3) is 0 Å². The van der Waals surface area contributed by atoms with Crippen LogP contribution >= 0.6 is 15.9 Å². The Hall–Kier alpha value is -0.650. The van der Waals surface area contributed by atoms with E-state index in [9.17, 15) is 4.39 Å². The number of rotatable bonds is 5. The molecule has 2 unspecified atom stereocenters. The van der Waals surface area contributed by atoms with Crippen LogP contribution in [0.4, 0.5) is 4.39 Å². The van der Waals surface area contributed by atoms with Crippen molar-refractivity contribution in [3.8, 4) is 5.75 Å². The van der Waals surface area contributed by atoms with Crippen molar-refractivity contribution in [1.82, 2.24) is 5.32 Å². The molecule has 0 bridgehead atoms. The van der Waals surface area contributed by atoms with Gasteiger partial charge in [-0.2, -0.15) is 0 Å². The van der Waals surface area contributed by atoms with Gasteiger partial charge in [-0.1, -0.05) is 15.9 Å². The molecule has 2 atom stereocenters. The molecule has 0 spiro atoms. The molecule has 2 rings (SSSR count). The lowest BCUT2D eigenvalue weighted by atomic mass is 10.1. The number of ether oxygens (including phenoxy) is 2. The van der Waals surface area contributed by atoms with Crippen molar-refractivity contribution in [3.63, 3.8) is 0 Å². The first-order valence-electron chi connectivity index (χ1n) is 7.32. The average molecular weight is 360 g/mol. The fourth-order valence-corrected chi connectivity index (χ4v) is 2.58. The van der Waals surface area contributed by atoms with E-state index in [-0.39, 0.29) is 29.3 Å². The van der Waals surface area contributed by atoms with E-state index in [1.54, 1.807) is 12.1 Å². The van der Waals surface area contributed by atoms with Gasteiger partial charge in [0.2, 0.25) is 0 Å². The predicted molar refractivity (Wildman–Crippen MR) is 85.2 cm³/mol. The van der Waals surface area contributed by atoms with Crippen LogP contribution in [0.2, 0.25) is 0 Å². The lowest BCUT2D eigenvalue weighted by molar-refractivity contribution is 0.0154. The molecule has 1 saturated heterocycles. The molecule has 0 aliphatic carbocycles. The molecular weight excluding hydrogens is 337 g/mol. The smallest absolute Gasteiger partial charge is 0.166 e. The van der Waals surface area contributed by atoms with Gasteiger partial charge in [0, 0.05) is 16.6 Å². The van der Waals surface area contributed by atoms with Crippen LogP contribution < -0.4 is 10.1 Å². The van der Waals surface area contributed by atoms with E-state index in [0.717, 1.165) is 19.4 Å². The van der Waals surface area contributed by atoms with Crippen molar-refractivity contribution in [2.75, 3.05) is 13.2 Å². The summed E-state index contributed by atoms with van der Waals surface area (Å²) in [5.74, 6) is -0.0774. The van der Waals surface area contributed by atoms with E-state index in [1.807, 2.05) is 0 Å². The van der Waals surface area contributed by atoms with Crippen molar-refractivity contribution in [2.45, 2.75) is 51.4 Å². The van der Waals surface area contributed by atoms with Gasteiger partial charge in [-0.3, -0.25) is 0 Å².